The van der Waals surface area contributed by atoms with Gasteiger partial charge in [-0.2, -0.15) is 0 Å². The molecule has 1 heterocycles. The summed E-state index contributed by atoms with van der Waals surface area (Å²) < 4.78 is 12.5. The number of hydrogen-bond donors (Lipinski definition) is 0. The normalized spacial score (nSPS) is 20.0. The molecule has 0 aliphatic carbocycles. The van der Waals surface area contributed by atoms with E-state index in [1.807, 2.05) is 6.92 Å². The van der Waals surface area contributed by atoms with Crippen LogP contribution in [0.3, 0.4) is 0 Å². The van der Waals surface area contributed by atoms with Crippen LogP contribution < -0.4 is 4.74 Å². The van der Waals surface area contributed by atoms with Gasteiger partial charge in [0.25, 0.3) is 0 Å². The SMILES string of the molecule is C=C(I)CCCCOc1ccc(CCC2(C)COC(C)=N2)cc1. The van der Waals surface area contributed by atoms with Crippen molar-refractivity contribution in [2.75, 3.05) is 13.2 Å². The third kappa shape index (κ3) is 6.53. The number of ether oxygens (including phenoxy) is 2. The average Bonchev–Trinajstić information content (AvgIpc) is 2.86. The van der Waals surface area contributed by atoms with Crippen molar-refractivity contribution in [3.8, 4) is 5.75 Å². The van der Waals surface area contributed by atoms with Crippen molar-refractivity contribution in [2.24, 2.45) is 4.99 Å². The van der Waals surface area contributed by atoms with Crippen molar-refractivity contribution in [1.29, 1.82) is 0 Å². The maximum Gasteiger partial charge on any atom is 0.180 e. The third-order valence-electron chi connectivity index (χ3n) is 4.01. The Morgan fingerprint density at radius 2 is 2.09 bits per heavy atom. The molecule has 1 aromatic rings. The zero-order valence-electron chi connectivity index (χ0n) is 14.1. The van der Waals surface area contributed by atoms with Gasteiger partial charge in [-0.3, -0.25) is 0 Å². The van der Waals surface area contributed by atoms with Crippen LogP contribution in [0, 0.1) is 0 Å². The summed E-state index contributed by atoms with van der Waals surface area (Å²) in [6, 6.07) is 8.43. The molecule has 0 amide bonds. The van der Waals surface area contributed by atoms with E-state index in [4.69, 9.17) is 9.47 Å². The fourth-order valence-electron chi connectivity index (χ4n) is 2.61. The van der Waals surface area contributed by atoms with Crippen molar-refractivity contribution in [3.05, 3.63) is 40.0 Å². The Hall–Kier alpha value is -1.04. The zero-order valence-corrected chi connectivity index (χ0v) is 16.3. The predicted molar refractivity (Wildman–Crippen MR) is 105 cm³/mol. The highest BCUT2D eigenvalue weighted by Crippen LogP contribution is 2.25. The van der Waals surface area contributed by atoms with E-state index in [9.17, 15) is 0 Å². The minimum absolute atomic E-state index is 0.0675. The van der Waals surface area contributed by atoms with Gasteiger partial charge in [0.1, 0.15) is 12.4 Å². The minimum Gasteiger partial charge on any atom is -0.494 e. The lowest BCUT2D eigenvalue weighted by molar-refractivity contribution is 0.256. The topological polar surface area (TPSA) is 30.8 Å². The van der Waals surface area contributed by atoms with E-state index in [-0.39, 0.29) is 5.54 Å². The van der Waals surface area contributed by atoms with Gasteiger partial charge >= 0.3 is 0 Å². The summed E-state index contributed by atoms with van der Waals surface area (Å²) in [5.74, 6) is 1.76. The van der Waals surface area contributed by atoms with Crippen LogP contribution in [-0.2, 0) is 11.2 Å². The highest BCUT2D eigenvalue weighted by atomic mass is 127. The van der Waals surface area contributed by atoms with E-state index in [1.165, 1.54) is 9.14 Å². The maximum atomic E-state index is 5.78. The van der Waals surface area contributed by atoms with Crippen LogP contribution in [0.15, 0.2) is 39.4 Å². The Balaban J connectivity index is 1.71. The number of rotatable bonds is 9. The molecule has 1 aliphatic heterocycles. The van der Waals surface area contributed by atoms with E-state index >= 15 is 0 Å². The second-order valence-electron chi connectivity index (χ2n) is 6.38. The minimum atomic E-state index is -0.0675. The first kappa shape index (κ1) is 18.3. The Morgan fingerprint density at radius 1 is 1.35 bits per heavy atom. The maximum absolute atomic E-state index is 5.78. The molecule has 23 heavy (non-hydrogen) atoms. The molecule has 1 unspecified atom stereocenters. The Bertz CT molecular complexity index is 553. The molecule has 0 saturated heterocycles. The van der Waals surface area contributed by atoms with E-state index in [0.717, 1.165) is 50.4 Å². The molecular formula is C19H26INO2. The van der Waals surface area contributed by atoms with Gasteiger partial charge in [-0.05, 0) is 82.9 Å². The van der Waals surface area contributed by atoms with Crippen LogP contribution in [0.2, 0.25) is 0 Å². The molecule has 0 radical (unpaired) electrons. The highest BCUT2D eigenvalue weighted by molar-refractivity contribution is 14.1. The lowest BCUT2D eigenvalue weighted by Crippen LogP contribution is -2.24. The van der Waals surface area contributed by atoms with E-state index in [2.05, 4.69) is 65.4 Å². The number of halogens is 1. The monoisotopic (exact) mass is 427 g/mol. The van der Waals surface area contributed by atoms with Gasteiger partial charge in [-0.15, -0.1) is 0 Å². The van der Waals surface area contributed by atoms with Crippen molar-refractivity contribution in [2.45, 2.75) is 51.5 Å². The first-order chi connectivity index (χ1) is 11.0. The molecule has 1 aliphatic rings. The second kappa shape index (κ2) is 8.71. The van der Waals surface area contributed by atoms with Crippen LogP contribution in [-0.4, -0.2) is 24.7 Å². The van der Waals surface area contributed by atoms with Gasteiger partial charge in [-0.1, -0.05) is 18.7 Å². The van der Waals surface area contributed by atoms with Gasteiger partial charge in [0.15, 0.2) is 5.90 Å². The molecule has 0 saturated carbocycles. The van der Waals surface area contributed by atoms with E-state index in [1.54, 1.807) is 0 Å². The smallest absolute Gasteiger partial charge is 0.180 e. The molecule has 2 rings (SSSR count). The molecule has 1 atom stereocenters. The summed E-state index contributed by atoms with van der Waals surface area (Å²) >= 11 is 2.28. The molecule has 1 aromatic carbocycles. The predicted octanol–water partition coefficient (Wildman–Crippen LogP) is 5.32. The Kier molecular flexibility index (Phi) is 6.93. The molecule has 0 N–H and O–H groups in total. The molecule has 4 heteroatoms. The number of unbranched alkanes of at least 4 members (excludes halogenated alkanes) is 1. The number of hydrogen-bond acceptors (Lipinski definition) is 3. The second-order valence-corrected chi connectivity index (χ2v) is 7.91. The van der Waals surface area contributed by atoms with Crippen molar-refractivity contribution < 1.29 is 9.47 Å². The molecular weight excluding hydrogens is 401 g/mol. The number of aliphatic imine (C=N–C) groups is 1. The number of allylic oxidation sites excluding steroid dienone is 1. The van der Waals surface area contributed by atoms with Crippen molar-refractivity contribution in [3.63, 3.8) is 0 Å². The summed E-state index contributed by atoms with van der Waals surface area (Å²) in [4.78, 5) is 4.59. The summed E-state index contributed by atoms with van der Waals surface area (Å²) in [5, 5.41) is 0. The van der Waals surface area contributed by atoms with Gasteiger partial charge in [0.2, 0.25) is 0 Å². The largest absolute Gasteiger partial charge is 0.494 e. The van der Waals surface area contributed by atoms with Crippen LogP contribution in [0.1, 0.15) is 45.1 Å². The molecule has 0 spiro atoms. The first-order valence-corrected chi connectivity index (χ1v) is 9.29. The van der Waals surface area contributed by atoms with Gasteiger partial charge in [0, 0.05) is 6.92 Å². The summed E-state index contributed by atoms with van der Waals surface area (Å²) in [6.07, 6.45) is 5.30. The van der Waals surface area contributed by atoms with Crippen molar-refractivity contribution >= 4 is 28.5 Å². The van der Waals surface area contributed by atoms with Crippen LogP contribution in [0.4, 0.5) is 0 Å². The Morgan fingerprint density at radius 3 is 2.70 bits per heavy atom. The third-order valence-corrected chi connectivity index (χ3v) is 4.55. The zero-order chi connectivity index (χ0) is 16.7. The molecule has 126 valence electrons. The summed E-state index contributed by atoms with van der Waals surface area (Å²) in [5.41, 5.74) is 1.25. The quantitative estimate of drug-likeness (QED) is 0.394. The molecule has 0 fully saturated rings. The van der Waals surface area contributed by atoms with Crippen LogP contribution in [0.25, 0.3) is 0 Å². The van der Waals surface area contributed by atoms with Gasteiger partial charge in [0.05, 0.1) is 12.1 Å². The lowest BCUT2D eigenvalue weighted by atomic mass is 9.95. The first-order valence-electron chi connectivity index (χ1n) is 8.21. The highest BCUT2D eigenvalue weighted by Gasteiger charge is 2.29. The lowest BCUT2D eigenvalue weighted by Gasteiger charge is -2.18. The number of nitrogens with zero attached hydrogens (tertiary/aromatic N) is 1. The Labute approximate surface area is 153 Å². The van der Waals surface area contributed by atoms with Crippen LogP contribution in [0.5, 0.6) is 5.75 Å². The fourth-order valence-corrected chi connectivity index (χ4v) is 2.99. The molecule has 0 aromatic heterocycles. The van der Waals surface area contributed by atoms with E-state index in [0.29, 0.717) is 6.61 Å². The standard InChI is InChI=1S/C19H26INO2/c1-15(20)6-4-5-13-22-18-9-7-17(8-10-18)11-12-19(3)14-23-16(2)21-19/h7-10H,1,4-6,11-14H2,2-3H3. The van der Waals surface area contributed by atoms with Crippen LogP contribution >= 0.6 is 22.6 Å². The summed E-state index contributed by atoms with van der Waals surface area (Å²) in [6.45, 7) is 9.46. The van der Waals surface area contributed by atoms with Gasteiger partial charge < -0.3 is 9.47 Å². The van der Waals surface area contributed by atoms with Gasteiger partial charge in [-0.25, -0.2) is 4.99 Å². The number of aryl methyl sites for hydroxylation is 1. The molecule has 0 bridgehead atoms. The molecule has 3 nitrogen and oxygen atoms in total. The number of benzene rings is 1. The van der Waals surface area contributed by atoms with E-state index < -0.39 is 0 Å². The fraction of sp³-hybridized carbons (Fsp3) is 0.526. The average molecular weight is 427 g/mol. The summed E-state index contributed by atoms with van der Waals surface area (Å²) in [7, 11) is 0. The van der Waals surface area contributed by atoms with Crippen molar-refractivity contribution in [1.82, 2.24) is 0 Å².